The normalized spacial score (nSPS) is 12.1. The van der Waals surface area contributed by atoms with E-state index < -0.39 is 5.60 Å². The first-order valence-corrected chi connectivity index (χ1v) is 8.84. The van der Waals surface area contributed by atoms with Crippen molar-refractivity contribution < 1.29 is 10.2 Å². The predicted octanol–water partition coefficient (Wildman–Crippen LogP) is 3.10. The summed E-state index contributed by atoms with van der Waals surface area (Å²) in [6.45, 7) is 3.49. The Bertz CT molecular complexity index is 1130. The lowest BCUT2D eigenvalue weighted by molar-refractivity contribution is 0.0607. The fraction of sp³-hybridized carbons (Fsp3) is 0.238. The molecule has 0 aliphatic heterocycles. The van der Waals surface area contributed by atoms with Crippen molar-refractivity contribution >= 4 is 27.8 Å². The highest BCUT2D eigenvalue weighted by Gasteiger charge is 2.22. The number of rotatable bonds is 4. The van der Waals surface area contributed by atoms with E-state index in [2.05, 4.69) is 9.97 Å². The number of benzene rings is 2. The van der Waals surface area contributed by atoms with Crippen molar-refractivity contribution in [1.29, 1.82) is 0 Å². The summed E-state index contributed by atoms with van der Waals surface area (Å²) < 4.78 is 1.83. The fourth-order valence-corrected chi connectivity index (χ4v) is 3.45. The Kier molecular flexibility index (Phi) is 4.09. The van der Waals surface area contributed by atoms with Crippen molar-refractivity contribution in [2.45, 2.75) is 32.6 Å². The van der Waals surface area contributed by atoms with E-state index in [1.165, 1.54) is 0 Å². The topological polar surface area (TPSA) is 97.2 Å². The molecule has 138 valence electrons. The van der Waals surface area contributed by atoms with Gasteiger partial charge in [0, 0.05) is 5.39 Å². The van der Waals surface area contributed by atoms with E-state index in [9.17, 15) is 10.2 Å². The van der Waals surface area contributed by atoms with E-state index in [-0.39, 0.29) is 6.61 Å². The zero-order chi connectivity index (χ0) is 19.2. The van der Waals surface area contributed by atoms with Gasteiger partial charge in [0.1, 0.15) is 17.9 Å². The van der Waals surface area contributed by atoms with E-state index in [0.29, 0.717) is 23.7 Å². The summed E-state index contributed by atoms with van der Waals surface area (Å²) in [4.78, 5) is 8.99. The molecule has 0 spiro atoms. The number of imidazole rings is 1. The first kappa shape index (κ1) is 17.5. The van der Waals surface area contributed by atoms with Crippen LogP contribution in [0.5, 0.6) is 0 Å². The third-order valence-corrected chi connectivity index (χ3v) is 4.58. The molecule has 0 fully saturated rings. The van der Waals surface area contributed by atoms with Crippen molar-refractivity contribution in [3.8, 4) is 11.1 Å². The summed E-state index contributed by atoms with van der Waals surface area (Å²) in [5.74, 6) is 0.771. The van der Waals surface area contributed by atoms with Crippen molar-refractivity contribution in [2.75, 3.05) is 5.73 Å². The molecule has 0 aliphatic carbocycles. The minimum Gasteiger partial charge on any atom is -0.389 e. The highest BCUT2D eigenvalue weighted by molar-refractivity contribution is 6.07. The number of aromatic nitrogens is 3. The van der Waals surface area contributed by atoms with Gasteiger partial charge in [-0.2, -0.15) is 0 Å². The van der Waals surface area contributed by atoms with Gasteiger partial charge in [-0.15, -0.1) is 0 Å². The zero-order valence-electron chi connectivity index (χ0n) is 15.3. The molecule has 2 aromatic heterocycles. The Balaban J connectivity index is 2.01. The van der Waals surface area contributed by atoms with Crippen LogP contribution in [0.4, 0.5) is 5.82 Å². The number of hydrogen-bond acceptors (Lipinski definition) is 5. The van der Waals surface area contributed by atoms with Crippen LogP contribution in [0.15, 0.2) is 48.5 Å². The van der Waals surface area contributed by atoms with Crippen molar-refractivity contribution in [2.24, 2.45) is 0 Å². The SMILES string of the molecule is CC(C)(O)Cn1c(CO)nc2c(N)nc3cc(-c4ccccc4)ccc3c21. The largest absolute Gasteiger partial charge is 0.389 e. The molecule has 2 aromatic carbocycles. The molecule has 0 saturated carbocycles. The minimum absolute atomic E-state index is 0.242. The Labute approximate surface area is 156 Å². The van der Waals surface area contributed by atoms with Gasteiger partial charge in [-0.1, -0.05) is 42.5 Å². The van der Waals surface area contributed by atoms with Gasteiger partial charge in [0.2, 0.25) is 0 Å². The van der Waals surface area contributed by atoms with Crippen LogP contribution in [0.3, 0.4) is 0 Å². The number of hydrogen-bond donors (Lipinski definition) is 3. The van der Waals surface area contributed by atoms with Crippen LogP contribution >= 0.6 is 0 Å². The monoisotopic (exact) mass is 362 g/mol. The molecule has 0 unspecified atom stereocenters. The second-order valence-electron chi connectivity index (χ2n) is 7.38. The fourth-order valence-electron chi connectivity index (χ4n) is 3.45. The van der Waals surface area contributed by atoms with E-state index in [1.54, 1.807) is 13.8 Å². The van der Waals surface area contributed by atoms with Crippen molar-refractivity contribution in [3.63, 3.8) is 0 Å². The van der Waals surface area contributed by atoms with Gasteiger partial charge in [0.25, 0.3) is 0 Å². The summed E-state index contributed by atoms with van der Waals surface area (Å²) in [5.41, 5.74) is 9.44. The number of pyridine rings is 1. The van der Waals surface area contributed by atoms with Crippen LogP contribution in [0, 0.1) is 0 Å². The molecule has 0 saturated heterocycles. The lowest BCUT2D eigenvalue weighted by Gasteiger charge is -2.20. The average Bonchev–Trinajstić information content (AvgIpc) is 2.99. The molecule has 6 heteroatoms. The third kappa shape index (κ3) is 3.13. The number of nitrogens with two attached hydrogens (primary N) is 1. The number of nitrogen functional groups attached to an aromatic ring is 1. The van der Waals surface area contributed by atoms with Gasteiger partial charge in [0.15, 0.2) is 5.82 Å². The van der Waals surface area contributed by atoms with E-state index in [0.717, 1.165) is 27.5 Å². The van der Waals surface area contributed by atoms with Crippen LogP contribution < -0.4 is 5.73 Å². The van der Waals surface area contributed by atoms with Crippen LogP contribution in [-0.2, 0) is 13.2 Å². The molecule has 4 aromatic rings. The molecule has 2 heterocycles. The number of fused-ring (bicyclic) bond motifs is 3. The number of nitrogens with zero attached hydrogens (tertiary/aromatic N) is 3. The highest BCUT2D eigenvalue weighted by atomic mass is 16.3. The van der Waals surface area contributed by atoms with Crippen LogP contribution in [0.25, 0.3) is 33.1 Å². The summed E-state index contributed by atoms with van der Waals surface area (Å²) in [5, 5.41) is 21.0. The Morgan fingerprint density at radius 2 is 1.78 bits per heavy atom. The average molecular weight is 362 g/mol. The lowest BCUT2D eigenvalue weighted by Crippen LogP contribution is -2.27. The minimum atomic E-state index is -0.966. The summed E-state index contributed by atoms with van der Waals surface area (Å²) in [7, 11) is 0. The standard InChI is InChI=1S/C21H22N4O2/c1-21(2,27)12-25-17(11-26)24-18-19(25)15-9-8-14(10-16(15)23-20(18)22)13-6-4-3-5-7-13/h3-10,26-27H,11-12H2,1-2H3,(H2,22,23). The maximum absolute atomic E-state index is 10.3. The highest BCUT2D eigenvalue weighted by Crippen LogP contribution is 2.32. The Hall–Kier alpha value is -2.96. The summed E-state index contributed by atoms with van der Waals surface area (Å²) >= 11 is 0. The molecular weight excluding hydrogens is 340 g/mol. The van der Waals surface area contributed by atoms with Crippen molar-refractivity contribution in [1.82, 2.24) is 14.5 Å². The van der Waals surface area contributed by atoms with E-state index in [4.69, 9.17) is 5.73 Å². The van der Waals surface area contributed by atoms with E-state index >= 15 is 0 Å². The zero-order valence-corrected chi connectivity index (χ0v) is 15.3. The second kappa shape index (κ2) is 6.33. The van der Waals surface area contributed by atoms with Gasteiger partial charge >= 0.3 is 0 Å². The van der Waals surface area contributed by atoms with E-state index in [1.807, 2.05) is 53.1 Å². The smallest absolute Gasteiger partial charge is 0.152 e. The second-order valence-corrected chi connectivity index (χ2v) is 7.38. The van der Waals surface area contributed by atoms with Gasteiger partial charge in [0.05, 0.1) is 23.2 Å². The third-order valence-electron chi connectivity index (χ3n) is 4.58. The quantitative estimate of drug-likeness (QED) is 0.518. The van der Waals surface area contributed by atoms with Crippen LogP contribution in [-0.4, -0.2) is 30.3 Å². The predicted molar refractivity (Wildman–Crippen MR) is 107 cm³/mol. The Morgan fingerprint density at radius 3 is 2.44 bits per heavy atom. The molecule has 6 nitrogen and oxygen atoms in total. The van der Waals surface area contributed by atoms with Crippen LogP contribution in [0.1, 0.15) is 19.7 Å². The molecule has 0 bridgehead atoms. The molecule has 0 aliphatic rings. The maximum Gasteiger partial charge on any atom is 0.152 e. The van der Waals surface area contributed by atoms with Gasteiger partial charge in [-0.05, 0) is 31.0 Å². The Morgan fingerprint density at radius 1 is 1.04 bits per heavy atom. The summed E-state index contributed by atoms with van der Waals surface area (Å²) in [6.07, 6.45) is 0. The molecular formula is C21H22N4O2. The van der Waals surface area contributed by atoms with Gasteiger partial charge in [-0.25, -0.2) is 9.97 Å². The molecule has 0 amide bonds. The molecule has 27 heavy (non-hydrogen) atoms. The maximum atomic E-state index is 10.3. The molecule has 4 rings (SSSR count). The first-order valence-electron chi connectivity index (χ1n) is 8.84. The van der Waals surface area contributed by atoms with Crippen molar-refractivity contribution in [3.05, 3.63) is 54.4 Å². The summed E-state index contributed by atoms with van der Waals surface area (Å²) in [6, 6.07) is 16.1. The van der Waals surface area contributed by atoms with Gasteiger partial charge in [-0.3, -0.25) is 0 Å². The van der Waals surface area contributed by atoms with Gasteiger partial charge < -0.3 is 20.5 Å². The molecule has 4 N–H and O–H groups in total. The number of aliphatic hydroxyl groups excluding tert-OH is 1. The number of aliphatic hydroxyl groups is 2. The first-order chi connectivity index (χ1) is 12.9. The lowest BCUT2D eigenvalue weighted by atomic mass is 10.0. The van der Waals surface area contributed by atoms with Crippen LogP contribution in [0.2, 0.25) is 0 Å². The molecule has 0 radical (unpaired) electrons. The number of anilines is 1. The molecule has 0 atom stereocenters.